The molecule has 2 aromatic rings. The minimum atomic E-state index is -1.11. The first-order chi connectivity index (χ1) is 8.91. The highest BCUT2D eigenvalue weighted by Gasteiger charge is 2.20. The van der Waals surface area contributed by atoms with Crippen LogP contribution in [-0.4, -0.2) is 27.0 Å². The van der Waals surface area contributed by atoms with E-state index in [-0.39, 0.29) is 12.1 Å². The quantitative estimate of drug-likeness (QED) is 0.583. The molecule has 2 rings (SSSR count). The number of aliphatic carboxylic acids is 1. The Morgan fingerprint density at radius 3 is 2.84 bits per heavy atom. The van der Waals surface area contributed by atoms with Crippen LogP contribution < -0.4 is 5.73 Å². The van der Waals surface area contributed by atoms with E-state index in [0.717, 1.165) is 0 Å². The van der Waals surface area contributed by atoms with Crippen LogP contribution in [0.2, 0.25) is 0 Å². The first-order valence-corrected chi connectivity index (χ1v) is 6.12. The average Bonchev–Trinajstić information content (AvgIpc) is 2.73. The summed E-state index contributed by atoms with van der Waals surface area (Å²) >= 11 is 3.31. The molecule has 0 fully saturated rings. The number of carboxylic acids is 1. The van der Waals surface area contributed by atoms with Crippen LogP contribution in [0.5, 0.6) is 0 Å². The lowest BCUT2D eigenvalue weighted by Gasteiger charge is -2.05. The summed E-state index contributed by atoms with van der Waals surface area (Å²) in [5.74, 6) is -1.11. The van der Waals surface area contributed by atoms with Gasteiger partial charge in [0.1, 0.15) is 11.6 Å². The highest BCUT2D eigenvalue weighted by molar-refractivity contribution is 9.10. The molecule has 1 heterocycles. The number of halogens is 1. The topological polar surface area (TPSA) is 122 Å². The zero-order valence-electron chi connectivity index (χ0n) is 9.59. The van der Waals surface area contributed by atoms with Crippen LogP contribution in [0.25, 0.3) is 10.9 Å². The number of nitrogens with zero attached hydrogens (tertiary/aromatic N) is 1. The van der Waals surface area contributed by atoms with Crippen LogP contribution in [0.4, 0.5) is 5.69 Å². The first-order valence-electron chi connectivity index (χ1n) is 5.33. The fraction of sp³-hybridized carbons (Fsp3) is 0.182. The van der Waals surface area contributed by atoms with E-state index < -0.39 is 16.9 Å². The number of nitrogens with two attached hydrogens (primary N) is 1. The molecule has 0 bridgehead atoms. The number of carboxylic acid groups (broad SMARTS) is 1. The molecule has 8 heteroatoms. The Hall–Kier alpha value is -1.93. The molecule has 0 radical (unpaired) electrons. The molecule has 0 aliphatic rings. The van der Waals surface area contributed by atoms with E-state index in [1.807, 2.05) is 0 Å². The Labute approximate surface area is 115 Å². The number of nitrogens with one attached hydrogen (secondary N) is 1. The third kappa shape index (κ3) is 2.45. The number of hydrogen-bond donors (Lipinski definition) is 3. The lowest BCUT2D eigenvalue weighted by molar-refractivity contribution is -0.383. The lowest BCUT2D eigenvalue weighted by Crippen LogP contribution is -2.32. The predicted octanol–water partition coefficient (Wildman–Crippen LogP) is 1.79. The molecule has 7 nitrogen and oxygen atoms in total. The standard InChI is InChI=1S/C11H10BrN3O4/c12-6-1-2-8(15(18)19)10-9(6)5(4-14-10)3-7(13)11(16)17/h1-2,4,7,14H,3,13H2,(H,16,17). The molecule has 0 aliphatic heterocycles. The van der Waals surface area contributed by atoms with E-state index in [4.69, 9.17) is 10.8 Å². The first kappa shape index (κ1) is 13.5. The monoisotopic (exact) mass is 327 g/mol. The van der Waals surface area contributed by atoms with Crippen LogP contribution in [-0.2, 0) is 11.2 Å². The van der Waals surface area contributed by atoms with E-state index in [9.17, 15) is 14.9 Å². The summed E-state index contributed by atoms with van der Waals surface area (Å²) in [4.78, 5) is 24.0. The summed E-state index contributed by atoms with van der Waals surface area (Å²) < 4.78 is 0.655. The van der Waals surface area contributed by atoms with Crippen molar-refractivity contribution in [1.82, 2.24) is 4.98 Å². The van der Waals surface area contributed by atoms with Crippen molar-refractivity contribution < 1.29 is 14.8 Å². The molecule has 0 saturated heterocycles. The third-order valence-corrected chi connectivity index (χ3v) is 3.46. The van der Waals surface area contributed by atoms with E-state index in [2.05, 4.69) is 20.9 Å². The normalized spacial score (nSPS) is 12.5. The fourth-order valence-electron chi connectivity index (χ4n) is 1.90. The second-order valence-corrected chi connectivity index (χ2v) is 4.89. The van der Waals surface area contributed by atoms with E-state index >= 15 is 0 Å². The molecule has 4 N–H and O–H groups in total. The van der Waals surface area contributed by atoms with Gasteiger partial charge in [-0.05, 0) is 11.6 Å². The van der Waals surface area contributed by atoms with Crippen LogP contribution in [0, 0.1) is 10.1 Å². The predicted molar refractivity (Wildman–Crippen MR) is 72.0 cm³/mol. The number of H-pyrrole nitrogens is 1. The van der Waals surface area contributed by atoms with Gasteiger partial charge in [0.25, 0.3) is 5.69 Å². The Morgan fingerprint density at radius 1 is 1.58 bits per heavy atom. The number of aromatic amines is 1. The van der Waals surface area contributed by atoms with Gasteiger partial charge in [0.2, 0.25) is 0 Å². The minimum Gasteiger partial charge on any atom is -0.480 e. The summed E-state index contributed by atoms with van der Waals surface area (Å²) in [6.45, 7) is 0. The zero-order chi connectivity index (χ0) is 14.2. The third-order valence-electron chi connectivity index (χ3n) is 2.80. The molecule has 0 saturated carbocycles. The molecule has 1 atom stereocenters. The van der Waals surface area contributed by atoms with Crippen LogP contribution >= 0.6 is 15.9 Å². The van der Waals surface area contributed by atoms with Gasteiger partial charge in [0.05, 0.1) is 4.92 Å². The van der Waals surface area contributed by atoms with E-state index in [1.54, 1.807) is 12.3 Å². The highest BCUT2D eigenvalue weighted by atomic mass is 79.9. The Bertz CT molecular complexity index is 667. The summed E-state index contributed by atoms with van der Waals surface area (Å²) in [6, 6.07) is 1.89. The van der Waals surface area contributed by atoms with Gasteiger partial charge in [-0.15, -0.1) is 0 Å². The number of benzene rings is 1. The van der Waals surface area contributed by atoms with Crippen molar-refractivity contribution in [3.63, 3.8) is 0 Å². The van der Waals surface area contributed by atoms with Gasteiger partial charge in [0.15, 0.2) is 0 Å². The minimum absolute atomic E-state index is 0.0617. The molecule has 0 aliphatic carbocycles. The Kier molecular flexibility index (Phi) is 3.54. The van der Waals surface area contributed by atoms with Crippen LogP contribution in [0.15, 0.2) is 22.8 Å². The highest BCUT2D eigenvalue weighted by Crippen LogP contribution is 2.33. The van der Waals surface area contributed by atoms with Crippen LogP contribution in [0.1, 0.15) is 5.56 Å². The second kappa shape index (κ2) is 4.98. The van der Waals surface area contributed by atoms with Crippen molar-refractivity contribution >= 4 is 38.5 Å². The zero-order valence-corrected chi connectivity index (χ0v) is 11.2. The van der Waals surface area contributed by atoms with Gasteiger partial charge >= 0.3 is 5.97 Å². The second-order valence-electron chi connectivity index (χ2n) is 4.04. The number of nitro groups is 1. The number of non-ortho nitro benzene ring substituents is 1. The van der Waals surface area contributed by atoms with E-state index in [1.165, 1.54) is 6.07 Å². The number of carbonyl (C=O) groups is 1. The van der Waals surface area contributed by atoms with Gasteiger partial charge in [-0.2, -0.15) is 0 Å². The van der Waals surface area contributed by atoms with Crippen molar-refractivity contribution in [2.75, 3.05) is 0 Å². The Morgan fingerprint density at radius 2 is 2.26 bits per heavy atom. The van der Waals surface area contributed by atoms with Gasteiger partial charge in [0, 0.05) is 28.5 Å². The molecule has 19 heavy (non-hydrogen) atoms. The van der Waals surface area contributed by atoms with E-state index in [0.29, 0.717) is 20.9 Å². The maximum absolute atomic E-state index is 10.9. The molecular weight excluding hydrogens is 318 g/mol. The summed E-state index contributed by atoms with van der Waals surface area (Å²) in [5.41, 5.74) is 6.40. The number of rotatable bonds is 4. The largest absolute Gasteiger partial charge is 0.480 e. The summed E-state index contributed by atoms with van der Waals surface area (Å²) in [6.07, 6.45) is 1.64. The molecule has 0 spiro atoms. The van der Waals surface area contributed by atoms with Gasteiger partial charge < -0.3 is 15.8 Å². The maximum Gasteiger partial charge on any atom is 0.320 e. The van der Waals surface area contributed by atoms with Crippen molar-refractivity contribution in [2.45, 2.75) is 12.5 Å². The number of aromatic nitrogens is 1. The van der Waals surface area contributed by atoms with Crippen LogP contribution in [0.3, 0.4) is 0 Å². The molecule has 1 aromatic carbocycles. The molecule has 0 amide bonds. The number of hydrogen-bond acceptors (Lipinski definition) is 4. The molecule has 1 aromatic heterocycles. The molecule has 100 valence electrons. The Balaban J connectivity index is 2.56. The maximum atomic E-state index is 10.9. The van der Waals surface area contributed by atoms with Gasteiger partial charge in [-0.3, -0.25) is 14.9 Å². The van der Waals surface area contributed by atoms with Crippen molar-refractivity contribution in [3.05, 3.63) is 38.5 Å². The van der Waals surface area contributed by atoms with Crippen molar-refractivity contribution in [2.24, 2.45) is 5.73 Å². The number of nitro benzene ring substituents is 1. The average molecular weight is 328 g/mol. The van der Waals surface area contributed by atoms with Gasteiger partial charge in [-0.1, -0.05) is 15.9 Å². The molecular formula is C11H10BrN3O4. The summed E-state index contributed by atoms with van der Waals surface area (Å²) in [7, 11) is 0. The SMILES string of the molecule is NC(Cc1c[nH]c2c([N+](=O)[O-])ccc(Br)c12)C(=O)O. The lowest BCUT2D eigenvalue weighted by atomic mass is 10.1. The smallest absolute Gasteiger partial charge is 0.320 e. The molecule has 1 unspecified atom stereocenters. The van der Waals surface area contributed by atoms with Crippen molar-refractivity contribution in [1.29, 1.82) is 0 Å². The van der Waals surface area contributed by atoms with Crippen molar-refractivity contribution in [3.8, 4) is 0 Å². The fourth-order valence-corrected chi connectivity index (χ4v) is 2.48. The van der Waals surface area contributed by atoms with Gasteiger partial charge in [-0.25, -0.2) is 0 Å². The number of fused-ring (bicyclic) bond motifs is 1. The summed E-state index contributed by atoms with van der Waals surface area (Å²) in [5, 5.41) is 20.3.